The van der Waals surface area contributed by atoms with E-state index in [4.69, 9.17) is 9.47 Å². The number of hydrogen-bond acceptors (Lipinski definition) is 3. The number of carbonyl (C=O) groups excluding carboxylic acids is 1. The lowest BCUT2D eigenvalue weighted by atomic mass is 10.2. The van der Waals surface area contributed by atoms with Gasteiger partial charge in [-0.3, -0.25) is 0 Å². The number of esters is 1. The van der Waals surface area contributed by atoms with Crippen molar-refractivity contribution < 1.29 is 14.3 Å². The van der Waals surface area contributed by atoms with Crippen LogP contribution < -0.4 is 4.74 Å². The highest BCUT2D eigenvalue weighted by Gasteiger charge is 2.13. The van der Waals surface area contributed by atoms with E-state index in [1.165, 1.54) is 6.08 Å². The number of nitrogens with one attached hydrogen (secondary N) is 1. The lowest BCUT2D eigenvalue weighted by Crippen LogP contribution is -2.22. The second-order valence-corrected chi connectivity index (χ2v) is 7.11. The molecule has 0 atom stereocenters. The van der Waals surface area contributed by atoms with E-state index >= 15 is 0 Å². The van der Waals surface area contributed by atoms with Gasteiger partial charge in [-0.25, -0.2) is 4.79 Å². The van der Waals surface area contributed by atoms with Crippen molar-refractivity contribution in [2.75, 3.05) is 0 Å². The van der Waals surface area contributed by atoms with E-state index in [0.29, 0.717) is 6.61 Å². The van der Waals surface area contributed by atoms with Gasteiger partial charge in [0.2, 0.25) is 0 Å². The summed E-state index contributed by atoms with van der Waals surface area (Å²) < 4.78 is 11.1. The molecule has 2 aromatic carbocycles. The van der Waals surface area contributed by atoms with Gasteiger partial charge >= 0.3 is 5.97 Å². The predicted molar refractivity (Wildman–Crippen MR) is 104 cm³/mol. The maximum Gasteiger partial charge on any atom is 0.331 e. The molecule has 0 amide bonds. The number of benzene rings is 2. The van der Waals surface area contributed by atoms with Crippen LogP contribution in [0.15, 0.2) is 60.7 Å². The third-order valence-electron chi connectivity index (χ3n) is 3.67. The summed E-state index contributed by atoms with van der Waals surface area (Å²) in [5, 5.41) is 1.03. The molecule has 0 aliphatic carbocycles. The highest BCUT2D eigenvalue weighted by molar-refractivity contribution is 5.89. The van der Waals surface area contributed by atoms with Gasteiger partial charge in [-0.15, -0.1) is 0 Å². The average Bonchev–Trinajstić information content (AvgIpc) is 3.00. The van der Waals surface area contributed by atoms with Gasteiger partial charge in [0.25, 0.3) is 0 Å². The van der Waals surface area contributed by atoms with Crippen molar-refractivity contribution in [1.29, 1.82) is 0 Å². The quantitative estimate of drug-likeness (QED) is 0.515. The van der Waals surface area contributed by atoms with Gasteiger partial charge in [-0.05, 0) is 56.7 Å². The zero-order chi connectivity index (χ0) is 18.6. The lowest BCUT2D eigenvalue weighted by Gasteiger charge is -2.17. The normalized spacial score (nSPS) is 11.8. The van der Waals surface area contributed by atoms with E-state index in [1.54, 1.807) is 6.08 Å². The van der Waals surface area contributed by atoms with Gasteiger partial charge in [0.15, 0.2) is 0 Å². The molecule has 0 spiro atoms. The van der Waals surface area contributed by atoms with Crippen LogP contribution >= 0.6 is 0 Å². The molecule has 0 saturated heterocycles. The van der Waals surface area contributed by atoms with Crippen LogP contribution in [-0.2, 0) is 16.1 Å². The first-order valence-corrected chi connectivity index (χ1v) is 8.60. The summed E-state index contributed by atoms with van der Waals surface area (Å²) in [6, 6.07) is 17.9. The van der Waals surface area contributed by atoms with E-state index in [1.807, 2.05) is 75.4 Å². The van der Waals surface area contributed by atoms with Crippen LogP contribution in [0.1, 0.15) is 32.0 Å². The predicted octanol–water partition coefficient (Wildman–Crippen LogP) is 5.10. The maximum absolute atomic E-state index is 11.8. The standard InChI is InChI=1S/C22H23NO3/c1-22(2,3)26-21(24)12-9-18-13-17-14-19(10-11-20(17)23-18)25-15-16-7-5-4-6-8-16/h4-14,23H,15H2,1-3H3/b12-9+. The molecule has 1 aromatic heterocycles. The Bertz CT molecular complexity index is 917. The summed E-state index contributed by atoms with van der Waals surface area (Å²) in [5.41, 5.74) is 2.46. The SMILES string of the molecule is CC(C)(C)OC(=O)/C=C/c1cc2cc(OCc3ccccc3)ccc2[nH]1. The van der Waals surface area contributed by atoms with Crippen LogP contribution in [0, 0.1) is 0 Å². The molecule has 0 unspecified atom stereocenters. The van der Waals surface area contributed by atoms with Crippen molar-refractivity contribution in [2.24, 2.45) is 0 Å². The Morgan fingerprint density at radius 3 is 2.58 bits per heavy atom. The summed E-state index contributed by atoms with van der Waals surface area (Å²) >= 11 is 0. The molecule has 4 nitrogen and oxygen atoms in total. The van der Waals surface area contributed by atoms with Crippen molar-refractivity contribution in [2.45, 2.75) is 33.0 Å². The number of rotatable bonds is 5. The van der Waals surface area contributed by atoms with Crippen molar-refractivity contribution in [1.82, 2.24) is 4.98 Å². The summed E-state index contributed by atoms with van der Waals surface area (Å²) in [4.78, 5) is 15.0. The van der Waals surface area contributed by atoms with E-state index in [2.05, 4.69) is 4.98 Å². The summed E-state index contributed by atoms with van der Waals surface area (Å²) in [7, 11) is 0. The van der Waals surface area contributed by atoms with Crippen molar-refractivity contribution in [3.63, 3.8) is 0 Å². The Kier molecular flexibility index (Phi) is 5.12. The number of aromatic nitrogens is 1. The van der Waals surface area contributed by atoms with Crippen molar-refractivity contribution in [3.05, 3.63) is 71.9 Å². The second-order valence-electron chi connectivity index (χ2n) is 7.11. The number of fused-ring (bicyclic) bond motifs is 1. The monoisotopic (exact) mass is 349 g/mol. The smallest absolute Gasteiger partial charge is 0.331 e. The van der Waals surface area contributed by atoms with Gasteiger partial charge in [0.05, 0.1) is 0 Å². The van der Waals surface area contributed by atoms with Crippen LogP contribution in [0.5, 0.6) is 5.75 Å². The molecule has 0 bridgehead atoms. The molecular weight excluding hydrogens is 326 g/mol. The molecule has 26 heavy (non-hydrogen) atoms. The molecule has 1 N–H and O–H groups in total. The number of carbonyl (C=O) groups is 1. The van der Waals surface area contributed by atoms with Gasteiger partial charge in [-0.1, -0.05) is 30.3 Å². The molecule has 0 aliphatic rings. The Morgan fingerprint density at radius 2 is 1.85 bits per heavy atom. The number of H-pyrrole nitrogens is 1. The zero-order valence-corrected chi connectivity index (χ0v) is 15.3. The molecule has 1 heterocycles. The molecular formula is C22H23NO3. The topological polar surface area (TPSA) is 51.3 Å². The Balaban J connectivity index is 1.68. The van der Waals surface area contributed by atoms with E-state index in [0.717, 1.165) is 27.9 Å². The highest BCUT2D eigenvalue weighted by Crippen LogP contribution is 2.23. The molecule has 0 fully saturated rings. The van der Waals surface area contributed by atoms with Crippen LogP contribution in [0.4, 0.5) is 0 Å². The fourth-order valence-electron chi connectivity index (χ4n) is 2.55. The first-order chi connectivity index (χ1) is 12.4. The molecule has 3 aromatic rings. The molecule has 3 rings (SSSR count). The highest BCUT2D eigenvalue weighted by atomic mass is 16.6. The number of hydrogen-bond donors (Lipinski definition) is 1. The van der Waals surface area contributed by atoms with Crippen molar-refractivity contribution >= 4 is 22.9 Å². The fourth-order valence-corrected chi connectivity index (χ4v) is 2.55. The van der Waals surface area contributed by atoms with Crippen LogP contribution in [0.3, 0.4) is 0 Å². The van der Waals surface area contributed by atoms with Crippen LogP contribution in [0.25, 0.3) is 17.0 Å². The molecule has 0 radical (unpaired) electrons. The third kappa shape index (κ3) is 4.99. The van der Waals surface area contributed by atoms with E-state index in [9.17, 15) is 4.79 Å². The Morgan fingerprint density at radius 1 is 1.08 bits per heavy atom. The largest absolute Gasteiger partial charge is 0.489 e. The first kappa shape index (κ1) is 17.8. The van der Waals surface area contributed by atoms with Gasteiger partial charge in [0.1, 0.15) is 18.0 Å². The van der Waals surface area contributed by atoms with E-state index in [-0.39, 0.29) is 5.97 Å². The van der Waals surface area contributed by atoms with Gasteiger partial charge < -0.3 is 14.5 Å². The summed E-state index contributed by atoms with van der Waals surface area (Å²) in [6.45, 7) is 6.07. The Labute approximate surface area is 153 Å². The number of aromatic amines is 1. The average molecular weight is 349 g/mol. The van der Waals surface area contributed by atoms with Crippen molar-refractivity contribution in [3.8, 4) is 5.75 Å². The molecule has 0 aliphatic heterocycles. The minimum Gasteiger partial charge on any atom is -0.489 e. The third-order valence-corrected chi connectivity index (χ3v) is 3.67. The summed E-state index contributed by atoms with van der Waals surface area (Å²) in [6.07, 6.45) is 3.15. The minimum atomic E-state index is -0.493. The Hall–Kier alpha value is -3.01. The van der Waals surface area contributed by atoms with Gasteiger partial charge in [-0.2, -0.15) is 0 Å². The maximum atomic E-state index is 11.8. The fraction of sp³-hybridized carbons (Fsp3) is 0.227. The number of ether oxygens (including phenoxy) is 2. The first-order valence-electron chi connectivity index (χ1n) is 8.60. The van der Waals surface area contributed by atoms with E-state index < -0.39 is 5.60 Å². The van der Waals surface area contributed by atoms with Crippen LogP contribution in [0.2, 0.25) is 0 Å². The molecule has 134 valence electrons. The van der Waals surface area contributed by atoms with Crippen LogP contribution in [-0.4, -0.2) is 16.6 Å². The molecule has 4 heteroatoms. The molecule has 0 saturated carbocycles. The lowest BCUT2D eigenvalue weighted by molar-refractivity contribution is -0.148. The van der Waals surface area contributed by atoms with Gasteiger partial charge in [0, 0.05) is 22.7 Å². The zero-order valence-electron chi connectivity index (χ0n) is 15.3. The summed E-state index contributed by atoms with van der Waals surface area (Å²) in [5.74, 6) is 0.450. The second kappa shape index (κ2) is 7.48. The minimum absolute atomic E-state index is 0.358.